The molecule has 4 atom stereocenters. The van der Waals surface area contributed by atoms with E-state index in [1.54, 1.807) is 0 Å². The number of ether oxygens (including phenoxy) is 4. The normalized spacial score (nSPS) is 18.1. The molecule has 0 radical (unpaired) electrons. The second-order valence-electron chi connectivity index (χ2n) is 13.7. The molecule has 2 aromatic rings. The quantitative estimate of drug-likeness (QED) is 0.0762. The minimum absolute atomic E-state index is 0.0291. The van der Waals surface area contributed by atoms with Crippen molar-refractivity contribution in [1.82, 2.24) is 0 Å². The standard InChI is InChI=1S/C21H33NO5S.C20H31NO3/c1-3-4-5-6-10-13-20(27-28(2,23)24)14-15-25-16-19-17-26-21(22-19)18-11-8-7-9-12-18;1-2-3-4-5-9-12-19(22)13-14-23-15-18-16-24-20(21-18)17-10-7-6-8-11-17/h7-9,11-12,19-20H,3-6,10,13-17H2,1-2H3;6-8,10-11,18-19,22H,2-5,9,12-16H2,1H3/t19-,20-;18-,19-/m11/s1. The second kappa shape index (κ2) is 26.0. The minimum atomic E-state index is -3.46. The van der Waals surface area contributed by atoms with Crippen molar-refractivity contribution < 1.29 is 36.7 Å². The summed E-state index contributed by atoms with van der Waals surface area (Å²) in [5.74, 6) is 1.36. The van der Waals surface area contributed by atoms with Crippen LogP contribution in [0.5, 0.6) is 0 Å². The number of nitrogens with zero attached hydrogens (tertiary/aromatic N) is 2. The lowest BCUT2D eigenvalue weighted by molar-refractivity contribution is 0.0675. The summed E-state index contributed by atoms with van der Waals surface area (Å²) in [5.41, 5.74) is 1.98. The maximum absolute atomic E-state index is 11.5. The Morgan fingerprint density at radius 2 is 1.13 bits per heavy atom. The number of hydrogen-bond acceptors (Lipinski definition) is 10. The molecular weight excluding hydrogens is 681 g/mol. The van der Waals surface area contributed by atoms with E-state index < -0.39 is 10.1 Å². The van der Waals surface area contributed by atoms with Gasteiger partial charge in [0.2, 0.25) is 11.8 Å². The molecule has 0 aromatic heterocycles. The van der Waals surface area contributed by atoms with E-state index in [0.29, 0.717) is 64.3 Å². The third kappa shape index (κ3) is 19.3. The molecule has 0 spiro atoms. The molecule has 0 bridgehead atoms. The van der Waals surface area contributed by atoms with Crippen molar-refractivity contribution in [2.75, 3.05) is 45.9 Å². The van der Waals surface area contributed by atoms with Gasteiger partial charge in [-0.3, -0.25) is 4.18 Å². The second-order valence-corrected chi connectivity index (χ2v) is 15.3. The maximum Gasteiger partial charge on any atom is 0.264 e. The number of aliphatic hydroxyl groups excluding tert-OH is 1. The summed E-state index contributed by atoms with van der Waals surface area (Å²) in [5, 5.41) is 9.96. The molecule has 10 nitrogen and oxygen atoms in total. The minimum Gasteiger partial charge on any atom is -0.475 e. The van der Waals surface area contributed by atoms with E-state index in [1.807, 2.05) is 60.7 Å². The van der Waals surface area contributed by atoms with Crippen LogP contribution in [0.15, 0.2) is 70.6 Å². The van der Waals surface area contributed by atoms with Crippen LogP contribution >= 0.6 is 0 Å². The van der Waals surface area contributed by atoms with Gasteiger partial charge in [-0.15, -0.1) is 0 Å². The fourth-order valence-corrected chi connectivity index (χ4v) is 6.63. The van der Waals surface area contributed by atoms with Gasteiger partial charge in [-0.2, -0.15) is 8.42 Å². The summed E-state index contributed by atoms with van der Waals surface area (Å²) < 4.78 is 50.9. The van der Waals surface area contributed by atoms with Crippen molar-refractivity contribution >= 4 is 21.9 Å². The molecule has 0 aliphatic carbocycles. The Kier molecular flexibility index (Phi) is 21.8. The van der Waals surface area contributed by atoms with Crippen LogP contribution < -0.4 is 0 Å². The molecule has 11 heteroatoms. The van der Waals surface area contributed by atoms with Crippen molar-refractivity contribution in [3.05, 3.63) is 71.8 Å². The van der Waals surface area contributed by atoms with Gasteiger partial charge in [-0.05, 0) is 49.9 Å². The van der Waals surface area contributed by atoms with E-state index in [0.717, 1.165) is 49.5 Å². The fraction of sp³-hybridized carbons (Fsp3) is 0.659. The molecule has 0 saturated heterocycles. The highest BCUT2D eigenvalue weighted by molar-refractivity contribution is 7.86. The lowest BCUT2D eigenvalue weighted by Crippen LogP contribution is -2.21. The topological polar surface area (TPSA) is 125 Å². The first-order valence-electron chi connectivity index (χ1n) is 19.5. The summed E-state index contributed by atoms with van der Waals surface area (Å²) >= 11 is 0. The number of rotatable bonds is 26. The highest BCUT2D eigenvalue weighted by atomic mass is 32.2. The van der Waals surface area contributed by atoms with E-state index in [1.165, 1.54) is 44.9 Å². The molecule has 4 rings (SSSR count). The molecule has 52 heavy (non-hydrogen) atoms. The van der Waals surface area contributed by atoms with Crippen LogP contribution in [0.25, 0.3) is 0 Å². The first-order valence-corrected chi connectivity index (χ1v) is 21.3. The molecule has 2 aliphatic heterocycles. The van der Waals surface area contributed by atoms with E-state index >= 15 is 0 Å². The van der Waals surface area contributed by atoms with E-state index in [9.17, 15) is 13.5 Å². The number of aliphatic hydroxyl groups is 1. The average Bonchev–Trinajstić information content (AvgIpc) is 3.83. The van der Waals surface area contributed by atoms with Gasteiger partial charge in [0.1, 0.15) is 25.3 Å². The smallest absolute Gasteiger partial charge is 0.264 e. The molecule has 1 N–H and O–H groups in total. The Morgan fingerprint density at radius 1 is 0.673 bits per heavy atom. The molecule has 0 unspecified atom stereocenters. The number of unbranched alkanes of at least 4 members (excludes halogenated alkanes) is 8. The summed E-state index contributed by atoms with van der Waals surface area (Å²) in [7, 11) is -3.46. The van der Waals surface area contributed by atoms with Crippen LogP contribution in [0.1, 0.15) is 115 Å². The van der Waals surface area contributed by atoms with Crippen molar-refractivity contribution in [1.29, 1.82) is 0 Å². The molecular formula is C41H64N2O8S. The highest BCUT2D eigenvalue weighted by Crippen LogP contribution is 2.17. The molecule has 2 aliphatic rings. The largest absolute Gasteiger partial charge is 0.475 e. The van der Waals surface area contributed by atoms with Crippen molar-refractivity contribution in [3.8, 4) is 0 Å². The van der Waals surface area contributed by atoms with Gasteiger partial charge in [-0.25, -0.2) is 9.98 Å². The van der Waals surface area contributed by atoms with Crippen LogP contribution in [0.3, 0.4) is 0 Å². The SMILES string of the molecule is CCCCCCC[C@@H](O)CCOC[C@@H]1COC(c2ccccc2)=N1.CCCCCCC[C@H](CCOC[C@@H]1COC(c2ccccc2)=N1)OS(C)(=O)=O. The molecule has 0 saturated carbocycles. The maximum atomic E-state index is 11.5. The van der Waals surface area contributed by atoms with E-state index in [2.05, 4.69) is 23.8 Å². The van der Waals surface area contributed by atoms with Crippen LogP contribution in [0, 0.1) is 0 Å². The summed E-state index contributed by atoms with van der Waals surface area (Å²) in [6, 6.07) is 19.8. The van der Waals surface area contributed by atoms with Gasteiger partial charge in [0, 0.05) is 24.3 Å². The fourth-order valence-electron chi connectivity index (χ4n) is 5.94. The Bertz CT molecular complexity index is 1370. The number of hydrogen-bond donors (Lipinski definition) is 1. The van der Waals surface area contributed by atoms with Crippen LogP contribution in [-0.4, -0.2) is 95.5 Å². The monoisotopic (exact) mass is 744 g/mol. The van der Waals surface area contributed by atoms with Gasteiger partial charge in [-0.1, -0.05) is 114 Å². The lowest BCUT2D eigenvalue weighted by Gasteiger charge is -2.16. The zero-order valence-electron chi connectivity index (χ0n) is 31.8. The predicted octanol–water partition coefficient (Wildman–Crippen LogP) is 7.90. The summed E-state index contributed by atoms with van der Waals surface area (Å²) in [4.78, 5) is 9.11. The molecule has 292 valence electrons. The van der Waals surface area contributed by atoms with Gasteiger partial charge in [0.05, 0.1) is 31.7 Å². The van der Waals surface area contributed by atoms with Crippen molar-refractivity contribution in [2.45, 2.75) is 128 Å². The Labute approximate surface area is 313 Å². The predicted molar refractivity (Wildman–Crippen MR) is 209 cm³/mol. The molecule has 2 aromatic carbocycles. The third-order valence-corrected chi connectivity index (χ3v) is 9.47. The van der Waals surface area contributed by atoms with Crippen molar-refractivity contribution in [3.63, 3.8) is 0 Å². The third-order valence-electron chi connectivity index (χ3n) is 8.85. The zero-order valence-corrected chi connectivity index (χ0v) is 32.6. The van der Waals surface area contributed by atoms with Gasteiger partial charge < -0.3 is 24.1 Å². The van der Waals surface area contributed by atoms with E-state index in [-0.39, 0.29) is 24.3 Å². The summed E-state index contributed by atoms with van der Waals surface area (Å²) in [6.07, 6.45) is 15.3. The molecule has 0 fully saturated rings. The Hall–Kier alpha value is -2.83. The zero-order chi connectivity index (χ0) is 37.3. The molecule has 2 heterocycles. The highest BCUT2D eigenvalue weighted by Gasteiger charge is 2.22. The van der Waals surface area contributed by atoms with Crippen LogP contribution in [0.4, 0.5) is 0 Å². The lowest BCUT2D eigenvalue weighted by atomic mass is 10.1. The number of benzene rings is 2. The Balaban J connectivity index is 0.000000284. The van der Waals surface area contributed by atoms with Crippen molar-refractivity contribution in [2.24, 2.45) is 9.98 Å². The van der Waals surface area contributed by atoms with Gasteiger partial charge >= 0.3 is 0 Å². The van der Waals surface area contributed by atoms with E-state index in [4.69, 9.17) is 23.1 Å². The number of aliphatic imine (C=N–C) groups is 2. The summed E-state index contributed by atoms with van der Waals surface area (Å²) in [6.45, 7) is 7.52. The first-order chi connectivity index (χ1) is 25.3. The Morgan fingerprint density at radius 3 is 1.62 bits per heavy atom. The molecule has 0 amide bonds. The van der Waals surface area contributed by atoms with Crippen LogP contribution in [-0.2, 0) is 33.2 Å². The van der Waals surface area contributed by atoms with Gasteiger partial charge in [0.15, 0.2) is 0 Å². The first kappa shape index (κ1) is 43.6. The van der Waals surface area contributed by atoms with Crippen LogP contribution in [0.2, 0.25) is 0 Å². The van der Waals surface area contributed by atoms with Gasteiger partial charge in [0.25, 0.3) is 10.1 Å². The average molecular weight is 745 g/mol.